The maximum absolute atomic E-state index is 12.4. The van der Waals surface area contributed by atoms with Crippen LogP contribution >= 0.6 is 0 Å². The Kier molecular flexibility index (Phi) is 4.61. The monoisotopic (exact) mass is 328 g/mol. The fraction of sp³-hybridized carbons (Fsp3) is 0.353. The van der Waals surface area contributed by atoms with Crippen LogP contribution in [-0.4, -0.2) is 34.3 Å². The van der Waals surface area contributed by atoms with Gasteiger partial charge in [-0.05, 0) is 18.6 Å². The number of fused-ring (bicyclic) bond motifs is 1. The maximum Gasteiger partial charge on any atom is 0.267 e. The number of carbonyl (C=O) groups excluding carboxylic acids is 1. The van der Waals surface area contributed by atoms with Crippen molar-refractivity contribution in [3.05, 3.63) is 47.2 Å². The second-order valence-electron chi connectivity index (χ2n) is 5.64. The van der Waals surface area contributed by atoms with Crippen molar-refractivity contribution in [2.45, 2.75) is 20.0 Å². The predicted molar refractivity (Wildman–Crippen MR) is 88.7 cm³/mol. The Morgan fingerprint density at radius 3 is 3.00 bits per heavy atom. The Morgan fingerprint density at radius 1 is 1.42 bits per heavy atom. The predicted octanol–water partition coefficient (Wildman–Crippen LogP) is 1.99. The van der Waals surface area contributed by atoms with Crippen molar-refractivity contribution in [3.63, 3.8) is 0 Å². The van der Waals surface area contributed by atoms with E-state index in [9.17, 15) is 4.79 Å². The molecule has 0 aliphatic carbocycles. The first-order valence-corrected chi connectivity index (χ1v) is 7.74. The molecule has 7 heteroatoms. The maximum atomic E-state index is 12.4. The van der Waals surface area contributed by atoms with Gasteiger partial charge in [0.1, 0.15) is 12.3 Å². The molecule has 0 aliphatic heterocycles. The summed E-state index contributed by atoms with van der Waals surface area (Å²) in [4.78, 5) is 16.6. The molecule has 1 amide bonds. The molecular formula is C17H20N4O3. The summed E-state index contributed by atoms with van der Waals surface area (Å²) in [6, 6.07) is 7.94. The van der Waals surface area contributed by atoms with E-state index in [4.69, 9.17) is 9.26 Å². The first-order valence-electron chi connectivity index (χ1n) is 7.74. The van der Waals surface area contributed by atoms with Gasteiger partial charge in [0.05, 0.1) is 5.52 Å². The van der Waals surface area contributed by atoms with Gasteiger partial charge in [-0.15, -0.1) is 0 Å². The highest BCUT2D eigenvalue weighted by Gasteiger charge is 2.14. The molecule has 126 valence electrons. The van der Waals surface area contributed by atoms with Crippen LogP contribution in [0.4, 0.5) is 0 Å². The lowest BCUT2D eigenvalue weighted by Gasteiger charge is -2.06. The largest absolute Gasteiger partial charge is 0.377 e. The standard InChI is InChI=1S/C17H20N4O3/c1-11-5-4-6-12-9-13(21(2)16(11)12)17(22)18-8-7-15-19-14(10-23-3)20-24-15/h4-6,9H,7-8,10H2,1-3H3,(H,18,22). The summed E-state index contributed by atoms with van der Waals surface area (Å²) >= 11 is 0. The zero-order valence-electron chi connectivity index (χ0n) is 14.0. The van der Waals surface area contributed by atoms with Gasteiger partial charge in [0.15, 0.2) is 5.82 Å². The van der Waals surface area contributed by atoms with Crippen LogP contribution < -0.4 is 5.32 Å². The van der Waals surface area contributed by atoms with Crippen molar-refractivity contribution in [2.24, 2.45) is 7.05 Å². The Labute approximate surface area is 139 Å². The van der Waals surface area contributed by atoms with Crippen molar-refractivity contribution in [3.8, 4) is 0 Å². The summed E-state index contributed by atoms with van der Waals surface area (Å²) < 4.78 is 12.0. The van der Waals surface area contributed by atoms with E-state index in [-0.39, 0.29) is 5.91 Å². The average molecular weight is 328 g/mol. The third kappa shape index (κ3) is 3.16. The number of nitrogens with zero attached hydrogens (tertiary/aromatic N) is 3. The van der Waals surface area contributed by atoms with Crippen molar-refractivity contribution >= 4 is 16.8 Å². The number of amides is 1. The van der Waals surface area contributed by atoms with Crippen LogP contribution in [0.25, 0.3) is 10.9 Å². The summed E-state index contributed by atoms with van der Waals surface area (Å²) in [5, 5.41) is 7.74. The van der Waals surface area contributed by atoms with Crippen molar-refractivity contribution in [2.75, 3.05) is 13.7 Å². The summed E-state index contributed by atoms with van der Waals surface area (Å²) in [6.45, 7) is 2.77. The van der Waals surface area contributed by atoms with E-state index in [0.717, 1.165) is 16.5 Å². The first-order chi connectivity index (χ1) is 11.6. The van der Waals surface area contributed by atoms with Crippen LogP contribution in [0, 0.1) is 6.92 Å². The van der Waals surface area contributed by atoms with Gasteiger partial charge in [-0.1, -0.05) is 23.4 Å². The van der Waals surface area contributed by atoms with Crippen LogP contribution in [0.1, 0.15) is 27.8 Å². The van der Waals surface area contributed by atoms with E-state index in [0.29, 0.717) is 37.0 Å². The molecular weight excluding hydrogens is 308 g/mol. The summed E-state index contributed by atoms with van der Waals surface area (Å²) in [5.74, 6) is 0.864. The van der Waals surface area contributed by atoms with E-state index in [1.807, 2.05) is 42.8 Å². The van der Waals surface area contributed by atoms with Crippen molar-refractivity contribution < 1.29 is 14.1 Å². The minimum absolute atomic E-state index is 0.121. The normalized spacial score (nSPS) is 11.1. The number of para-hydroxylation sites is 1. The highest BCUT2D eigenvalue weighted by molar-refractivity contribution is 5.99. The lowest BCUT2D eigenvalue weighted by molar-refractivity contribution is 0.0945. The molecule has 0 spiro atoms. The van der Waals surface area contributed by atoms with Gasteiger partial charge in [-0.3, -0.25) is 4.79 Å². The van der Waals surface area contributed by atoms with E-state index in [1.165, 1.54) is 0 Å². The zero-order chi connectivity index (χ0) is 17.1. The molecule has 0 unspecified atom stereocenters. The molecule has 0 fully saturated rings. The highest BCUT2D eigenvalue weighted by Crippen LogP contribution is 2.21. The van der Waals surface area contributed by atoms with Gasteiger partial charge < -0.3 is 19.1 Å². The number of aryl methyl sites for hydroxylation is 2. The summed E-state index contributed by atoms with van der Waals surface area (Å²) in [5.41, 5.74) is 2.85. The Bertz CT molecular complexity index is 866. The van der Waals surface area contributed by atoms with E-state index in [1.54, 1.807) is 7.11 Å². The summed E-state index contributed by atoms with van der Waals surface area (Å²) in [7, 11) is 3.47. The number of benzene rings is 1. The van der Waals surface area contributed by atoms with E-state index < -0.39 is 0 Å². The van der Waals surface area contributed by atoms with E-state index in [2.05, 4.69) is 15.5 Å². The number of methoxy groups -OCH3 is 1. The number of ether oxygens (including phenoxy) is 1. The molecule has 24 heavy (non-hydrogen) atoms. The Hall–Kier alpha value is -2.67. The van der Waals surface area contributed by atoms with Crippen LogP contribution in [0.5, 0.6) is 0 Å². The van der Waals surface area contributed by atoms with Gasteiger partial charge in [-0.25, -0.2) is 0 Å². The molecule has 7 nitrogen and oxygen atoms in total. The third-order valence-corrected chi connectivity index (χ3v) is 3.90. The second-order valence-corrected chi connectivity index (χ2v) is 5.64. The number of hydrogen-bond acceptors (Lipinski definition) is 5. The zero-order valence-corrected chi connectivity index (χ0v) is 14.0. The van der Waals surface area contributed by atoms with Gasteiger partial charge in [-0.2, -0.15) is 4.98 Å². The molecule has 0 atom stereocenters. The van der Waals surface area contributed by atoms with Gasteiger partial charge in [0.2, 0.25) is 5.89 Å². The molecule has 0 saturated heterocycles. The fourth-order valence-electron chi connectivity index (χ4n) is 2.79. The van der Waals surface area contributed by atoms with Crippen molar-refractivity contribution in [1.82, 2.24) is 20.0 Å². The number of rotatable bonds is 6. The minimum atomic E-state index is -0.121. The molecule has 0 saturated carbocycles. The molecule has 1 aromatic carbocycles. The molecule has 0 radical (unpaired) electrons. The number of hydrogen-bond donors (Lipinski definition) is 1. The summed E-state index contributed by atoms with van der Waals surface area (Å²) in [6.07, 6.45) is 0.478. The minimum Gasteiger partial charge on any atom is -0.377 e. The van der Waals surface area contributed by atoms with Crippen molar-refractivity contribution in [1.29, 1.82) is 0 Å². The molecule has 2 aromatic heterocycles. The molecule has 2 heterocycles. The number of carbonyl (C=O) groups is 1. The first kappa shape index (κ1) is 16.2. The Morgan fingerprint density at radius 2 is 2.25 bits per heavy atom. The number of nitrogens with one attached hydrogen (secondary N) is 1. The van der Waals surface area contributed by atoms with Gasteiger partial charge in [0, 0.05) is 32.5 Å². The van der Waals surface area contributed by atoms with Gasteiger partial charge in [0.25, 0.3) is 5.91 Å². The molecule has 3 rings (SSSR count). The topological polar surface area (TPSA) is 82.2 Å². The van der Waals surface area contributed by atoms with Crippen LogP contribution in [-0.2, 0) is 24.8 Å². The second kappa shape index (κ2) is 6.84. The average Bonchev–Trinajstić information content (AvgIpc) is 3.13. The molecule has 3 aromatic rings. The SMILES string of the molecule is COCc1noc(CCNC(=O)c2cc3cccc(C)c3n2C)n1. The van der Waals surface area contributed by atoms with Crippen LogP contribution in [0.3, 0.4) is 0 Å². The molecule has 1 N–H and O–H groups in total. The highest BCUT2D eigenvalue weighted by atomic mass is 16.5. The molecule has 0 bridgehead atoms. The Balaban J connectivity index is 1.65. The van der Waals surface area contributed by atoms with Gasteiger partial charge >= 0.3 is 0 Å². The number of aromatic nitrogens is 3. The fourth-order valence-corrected chi connectivity index (χ4v) is 2.79. The lowest BCUT2D eigenvalue weighted by Crippen LogP contribution is -2.27. The van der Waals surface area contributed by atoms with E-state index >= 15 is 0 Å². The van der Waals surface area contributed by atoms with Crippen LogP contribution in [0.2, 0.25) is 0 Å². The van der Waals surface area contributed by atoms with Crippen LogP contribution in [0.15, 0.2) is 28.8 Å². The third-order valence-electron chi connectivity index (χ3n) is 3.90. The smallest absolute Gasteiger partial charge is 0.267 e. The molecule has 0 aliphatic rings. The quantitative estimate of drug-likeness (QED) is 0.748. The lowest BCUT2D eigenvalue weighted by atomic mass is 10.2.